The summed E-state index contributed by atoms with van der Waals surface area (Å²) in [5.41, 5.74) is 0. The van der Waals surface area contributed by atoms with E-state index in [4.69, 9.17) is 5.11 Å². The number of aryl methyl sites for hydroxylation is 2. The lowest BCUT2D eigenvalue weighted by Crippen LogP contribution is -2.37. The Hall–Kier alpha value is -0.920. The molecule has 2 N–H and O–H groups in total. The van der Waals surface area contributed by atoms with Crippen LogP contribution in [-0.2, 0) is 16.6 Å². The van der Waals surface area contributed by atoms with Crippen molar-refractivity contribution in [3.63, 3.8) is 0 Å². The minimum absolute atomic E-state index is 0.0142. The van der Waals surface area contributed by atoms with E-state index in [1.165, 1.54) is 6.20 Å². The number of aliphatic hydroxyl groups is 1. The van der Waals surface area contributed by atoms with Gasteiger partial charge in [0.25, 0.3) is 10.0 Å². The first-order valence-electron chi connectivity index (χ1n) is 6.11. The minimum atomic E-state index is -3.65. The average molecular weight is 275 g/mol. The van der Waals surface area contributed by atoms with Crippen molar-refractivity contribution in [1.82, 2.24) is 14.3 Å². The monoisotopic (exact) mass is 275 g/mol. The Kier molecular flexibility index (Phi) is 5.30. The van der Waals surface area contributed by atoms with Crippen LogP contribution in [-0.4, -0.2) is 35.7 Å². The molecule has 0 aliphatic rings. The van der Waals surface area contributed by atoms with Gasteiger partial charge in [0.15, 0.2) is 5.03 Å². The van der Waals surface area contributed by atoms with E-state index >= 15 is 0 Å². The zero-order chi connectivity index (χ0) is 13.8. The van der Waals surface area contributed by atoms with Crippen LogP contribution in [0.25, 0.3) is 0 Å². The molecule has 0 bridgehead atoms. The Labute approximate surface area is 108 Å². The Morgan fingerprint density at radius 1 is 1.50 bits per heavy atom. The highest BCUT2D eigenvalue weighted by Gasteiger charge is 2.22. The number of nitrogens with zero attached hydrogens (tertiary/aromatic N) is 2. The summed E-state index contributed by atoms with van der Waals surface area (Å²) in [5.74, 6) is 0.675. The van der Waals surface area contributed by atoms with Crippen molar-refractivity contribution < 1.29 is 13.5 Å². The third-order valence-electron chi connectivity index (χ3n) is 2.73. The number of imidazole rings is 1. The third-order valence-corrected chi connectivity index (χ3v) is 4.12. The molecule has 1 rings (SSSR count). The summed E-state index contributed by atoms with van der Waals surface area (Å²) in [6, 6.07) is -0.466. The molecule has 1 aromatic heterocycles. The smallest absolute Gasteiger partial charge is 0.259 e. The van der Waals surface area contributed by atoms with E-state index in [1.807, 2.05) is 18.4 Å². The molecule has 1 atom stereocenters. The SMILES string of the molecule is CCCn1cc(S(=O)(=O)NC(CC)CO)nc1C. The molecular weight excluding hydrogens is 254 g/mol. The highest BCUT2D eigenvalue weighted by atomic mass is 32.2. The third kappa shape index (κ3) is 3.54. The second-order valence-corrected chi connectivity index (χ2v) is 5.89. The summed E-state index contributed by atoms with van der Waals surface area (Å²) in [7, 11) is -3.65. The van der Waals surface area contributed by atoms with Crippen LogP contribution in [0.5, 0.6) is 0 Å². The molecule has 104 valence electrons. The zero-order valence-electron chi connectivity index (χ0n) is 11.0. The summed E-state index contributed by atoms with van der Waals surface area (Å²) < 4.78 is 28.3. The topological polar surface area (TPSA) is 84.2 Å². The predicted molar refractivity (Wildman–Crippen MR) is 68.7 cm³/mol. The number of hydrogen-bond acceptors (Lipinski definition) is 4. The van der Waals surface area contributed by atoms with Gasteiger partial charge in [-0.1, -0.05) is 13.8 Å². The molecule has 1 unspecified atom stereocenters. The number of aromatic nitrogens is 2. The molecule has 0 aromatic carbocycles. The molecular formula is C11H21N3O3S. The normalized spacial score (nSPS) is 13.8. The second-order valence-electron chi connectivity index (χ2n) is 4.23. The van der Waals surface area contributed by atoms with Gasteiger partial charge in [0.1, 0.15) is 5.82 Å². The fourth-order valence-electron chi connectivity index (χ4n) is 1.61. The van der Waals surface area contributed by atoms with Gasteiger partial charge in [-0.25, -0.2) is 18.1 Å². The maximum absolute atomic E-state index is 12.0. The van der Waals surface area contributed by atoms with Gasteiger partial charge >= 0.3 is 0 Å². The minimum Gasteiger partial charge on any atom is -0.395 e. The zero-order valence-corrected chi connectivity index (χ0v) is 11.9. The molecule has 1 heterocycles. The molecule has 0 spiro atoms. The Morgan fingerprint density at radius 2 is 2.17 bits per heavy atom. The molecule has 7 heteroatoms. The van der Waals surface area contributed by atoms with Crippen LogP contribution in [0.2, 0.25) is 0 Å². The van der Waals surface area contributed by atoms with Crippen molar-refractivity contribution in [2.45, 2.75) is 51.2 Å². The van der Waals surface area contributed by atoms with E-state index in [-0.39, 0.29) is 11.6 Å². The molecule has 1 aromatic rings. The van der Waals surface area contributed by atoms with E-state index < -0.39 is 16.1 Å². The fraction of sp³-hybridized carbons (Fsp3) is 0.727. The van der Waals surface area contributed by atoms with Crippen molar-refractivity contribution in [1.29, 1.82) is 0 Å². The van der Waals surface area contributed by atoms with Gasteiger partial charge in [0.05, 0.1) is 6.61 Å². The summed E-state index contributed by atoms with van der Waals surface area (Å²) >= 11 is 0. The molecule has 0 amide bonds. The van der Waals surface area contributed by atoms with Crippen molar-refractivity contribution in [3.8, 4) is 0 Å². The largest absolute Gasteiger partial charge is 0.395 e. The van der Waals surface area contributed by atoms with Crippen LogP contribution >= 0.6 is 0 Å². The van der Waals surface area contributed by atoms with Crippen LogP contribution in [0.4, 0.5) is 0 Å². The molecule has 0 fully saturated rings. The summed E-state index contributed by atoms with van der Waals surface area (Å²) in [6.07, 6.45) is 2.98. The molecule has 0 saturated heterocycles. The van der Waals surface area contributed by atoms with Crippen LogP contribution in [0.3, 0.4) is 0 Å². The van der Waals surface area contributed by atoms with Crippen molar-refractivity contribution in [3.05, 3.63) is 12.0 Å². The Morgan fingerprint density at radius 3 is 2.67 bits per heavy atom. The van der Waals surface area contributed by atoms with Crippen LogP contribution < -0.4 is 4.72 Å². The molecule has 0 aliphatic carbocycles. The van der Waals surface area contributed by atoms with Crippen LogP contribution in [0.15, 0.2) is 11.2 Å². The molecule has 0 radical (unpaired) electrons. The van der Waals surface area contributed by atoms with E-state index in [9.17, 15) is 8.42 Å². The van der Waals surface area contributed by atoms with Crippen molar-refractivity contribution in [2.75, 3.05) is 6.61 Å². The Bertz CT molecular complexity index is 478. The number of nitrogens with one attached hydrogen (secondary N) is 1. The first-order chi connectivity index (χ1) is 8.44. The molecule has 0 aliphatic heterocycles. The van der Waals surface area contributed by atoms with E-state index in [0.29, 0.717) is 12.2 Å². The van der Waals surface area contributed by atoms with Gasteiger partial charge in [-0.3, -0.25) is 0 Å². The highest BCUT2D eigenvalue weighted by Crippen LogP contribution is 2.10. The lowest BCUT2D eigenvalue weighted by atomic mass is 10.3. The lowest BCUT2D eigenvalue weighted by molar-refractivity contribution is 0.253. The highest BCUT2D eigenvalue weighted by molar-refractivity contribution is 7.89. The number of aliphatic hydroxyl groups excluding tert-OH is 1. The van der Waals surface area contributed by atoms with Crippen molar-refractivity contribution >= 4 is 10.0 Å². The van der Waals surface area contributed by atoms with Crippen molar-refractivity contribution in [2.24, 2.45) is 0 Å². The van der Waals surface area contributed by atoms with Crippen LogP contribution in [0, 0.1) is 6.92 Å². The molecule has 6 nitrogen and oxygen atoms in total. The summed E-state index contributed by atoms with van der Waals surface area (Å²) in [6.45, 7) is 6.13. The van der Waals surface area contributed by atoms with Gasteiger partial charge in [-0.2, -0.15) is 0 Å². The first kappa shape index (κ1) is 15.1. The van der Waals surface area contributed by atoms with Crippen LogP contribution in [0.1, 0.15) is 32.5 Å². The number of hydrogen-bond donors (Lipinski definition) is 2. The van der Waals surface area contributed by atoms with Gasteiger partial charge in [0.2, 0.25) is 0 Å². The maximum atomic E-state index is 12.0. The predicted octanol–water partition coefficient (Wildman–Crippen LogP) is 0.651. The average Bonchev–Trinajstić information content (AvgIpc) is 2.69. The number of rotatable bonds is 7. The lowest BCUT2D eigenvalue weighted by Gasteiger charge is -2.12. The maximum Gasteiger partial charge on any atom is 0.259 e. The molecule has 0 saturated carbocycles. The second kappa shape index (κ2) is 6.31. The van der Waals surface area contributed by atoms with Gasteiger partial charge in [0, 0.05) is 18.8 Å². The number of sulfonamides is 1. The molecule has 18 heavy (non-hydrogen) atoms. The van der Waals surface area contributed by atoms with E-state index in [0.717, 1.165) is 13.0 Å². The van der Waals surface area contributed by atoms with E-state index in [2.05, 4.69) is 9.71 Å². The van der Waals surface area contributed by atoms with Gasteiger partial charge in [-0.15, -0.1) is 0 Å². The summed E-state index contributed by atoms with van der Waals surface area (Å²) in [5, 5.41) is 9.04. The summed E-state index contributed by atoms with van der Waals surface area (Å²) in [4.78, 5) is 4.05. The Balaban J connectivity index is 2.94. The standard InChI is InChI=1S/C11H21N3O3S/c1-4-6-14-7-11(12-9(14)3)18(16,17)13-10(5-2)8-15/h7,10,13,15H,4-6,8H2,1-3H3. The van der Waals surface area contributed by atoms with Gasteiger partial charge in [-0.05, 0) is 19.8 Å². The van der Waals surface area contributed by atoms with E-state index in [1.54, 1.807) is 6.92 Å². The quantitative estimate of drug-likeness (QED) is 0.765. The fourth-order valence-corrected chi connectivity index (χ4v) is 2.92. The first-order valence-corrected chi connectivity index (χ1v) is 7.59. The van der Waals surface area contributed by atoms with Gasteiger partial charge < -0.3 is 9.67 Å².